The van der Waals surface area contributed by atoms with Gasteiger partial charge in [-0.25, -0.2) is 0 Å². The normalized spacial score (nSPS) is 10.3. The van der Waals surface area contributed by atoms with E-state index in [1.807, 2.05) is 24.3 Å². The molecule has 2 rings (SSSR count). The fourth-order valence-corrected chi connectivity index (χ4v) is 2.12. The minimum Gasteiger partial charge on any atom is -0.497 e. The second kappa shape index (κ2) is 4.11. The number of hydrogen-bond acceptors (Lipinski definition) is 1. The number of aromatic nitrogens is 1. The first-order chi connectivity index (χ1) is 7.20. The molecule has 0 aliphatic rings. The molecule has 2 nitrogen and oxygen atoms in total. The van der Waals surface area contributed by atoms with Crippen molar-refractivity contribution in [2.45, 2.75) is 6.92 Å². The van der Waals surface area contributed by atoms with E-state index >= 15 is 0 Å². The highest BCUT2D eigenvalue weighted by atomic mass is 79.9. The molecule has 0 amide bonds. The van der Waals surface area contributed by atoms with Crippen LogP contribution in [0.1, 0.15) is 5.56 Å². The van der Waals surface area contributed by atoms with Gasteiger partial charge in [0.15, 0.2) is 0 Å². The molecule has 78 valence electrons. The zero-order chi connectivity index (χ0) is 10.8. The third-order valence-electron chi connectivity index (χ3n) is 2.36. The molecule has 1 aromatic carbocycles. The third kappa shape index (κ3) is 2.07. The molecule has 15 heavy (non-hydrogen) atoms. The molecule has 0 radical (unpaired) electrons. The lowest BCUT2D eigenvalue weighted by atomic mass is 10.1. The lowest BCUT2D eigenvalue weighted by Gasteiger charge is -2.02. The Labute approximate surface area is 97.4 Å². The van der Waals surface area contributed by atoms with Gasteiger partial charge >= 0.3 is 0 Å². The molecule has 1 aromatic heterocycles. The summed E-state index contributed by atoms with van der Waals surface area (Å²) in [6, 6.07) is 10.1. The summed E-state index contributed by atoms with van der Waals surface area (Å²) in [6.07, 6.45) is 0. The van der Waals surface area contributed by atoms with Crippen LogP contribution in [0.25, 0.3) is 11.3 Å². The topological polar surface area (TPSA) is 25.0 Å². The van der Waals surface area contributed by atoms with Crippen LogP contribution in [0.15, 0.2) is 34.9 Å². The van der Waals surface area contributed by atoms with E-state index in [4.69, 9.17) is 4.74 Å². The van der Waals surface area contributed by atoms with E-state index in [0.717, 1.165) is 16.0 Å². The van der Waals surface area contributed by atoms with Gasteiger partial charge in [-0.2, -0.15) is 0 Å². The average molecular weight is 266 g/mol. The molecule has 0 aliphatic carbocycles. The SMILES string of the molecule is COc1ccc(-c2[nH]c(Br)cc2C)cc1. The fraction of sp³-hybridized carbons (Fsp3) is 0.167. The molecule has 1 heterocycles. The first-order valence-corrected chi connectivity index (χ1v) is 5.49. The second-order valence-corrected chi connectivity index (χ2v) is 4.26. The van der Waals surface area contributed by atoms with Gasteiger partial charge in [-0.15, -0.1) is 0 Å². The van der Waals surface area contributed by atoms with E-state index in [1.165, 1.54) is 11.1 Å². The molecule has 0 fully saturated rings. The Kier molecular flexibility index (Phi) is 2.82. The lowest BCUT2D eigenvalue weighted by molar-refractivity contribution is 0.415. The van der Waals surface area contributed by atoms with Crippen LogP contribution in [0, 0.1) is 6.92 Å². The molecule has 0 aliphatic heterocycles. The van der Waals surface area contributed by atoms with E-state index in [2.05, 4.69) is 33.9 Å². The number of aromatic amines is 1. The maximum Gasteiger partial charge on any atom is 0.118 e. The minimum atomic E-state index is 0.877. The lowest BCUT2D eigenvalue weighted by Crippen LogP contribution is -1.84. The monoisotopic (exact) mass is 265 g/mol. The summed E-state index contributed by atoms with van der Waals surface area (Å²) >= 11 is 3.43. The van der Waals surface area contributed by atoms with Crippen LogP contribution >= 0.6 is 15.9 Å². The predicted molar refractivity (Wildman–Crippen MR) is 65.2 cm³/mol. The zero-order valence-electron chi connectivity index (χ0n) is 8.67. The molecule has 0 saturated heterocycles. The average Bonchev–Trinajstić information content (AvgIpc) is 2.58. The molecule has 0 unspecified atom stereocenters. The Balaban J connectivity index is 2.41. The number of H-pyrrole nitrogens is 1. The number of aryl methyl sites for hydroxylation is 1. The molecule has 3 heteroatoms. The number of methoxy groups -OCH3 is 1. The molecule has 0 bridgehead atoms. The van der Waals surface area contributed by atoms with Crippen LogP contribution in [0.5, 0.6) is 5.75 Å². The number of nitrogens with one attached hydrogen (secondary N) is 1. The summed E-state index contributed by atoms with van der Waals surface area (Å²) in [5, 5.41) is 0. The van der Waals surface area contributed by atoms with Crippen molar-refractivity contribution in [2.24, 2.45) is 0 Å². The van der Waals surface area contributed by atoms with Gasteiger partial charge in [0, 0.05) is 5.69 Å². The Bertz CT molecular complexity index is 459. The largest absolute Gasteiger partial charge is 0.497 e. The van der Waals surface area contributed by atoms with Crippen molar-refractivity contribution < 1.29 is 4.74 Å². The van der Waals surface area contributed by atoms with Gasteiger partial charge < -0.3 is 9.72 Å². The van der Waals surface area contributed by atoms with Gasteiger partial charge in [-0.05, 0) is 64.3 Å². The van der Waals surface area contributed by atoms with Gasteiger partial charge in [0.2, 0.25) is 0 Å². The van der Waals surface area contributed by atoms with E-state index in [0.29, 0.717) is 0 Å². The minimum absolute atomic E-state index is 0.877. The predicted octanol–water partition coefficient (Wildman–Crippen LogP) is 3.76. The standard InChI is InChI=1S/C12H12BrNO/c1-8-7-11(13)14-12(8)9-3-5-10(15-2)6-4-9/h3-7,14H,1-2H3. The van der Waals surface area contributed by atoms with Crippen LogP contribution in [0.3, 0.4) is 0 Å². The number of ether oxygens (including phenoxy) is 1. The van der Waals surface area contributed by atoms with Crippen LogP contribution in [-0.4, -0.2) is 12.1 Å². The highest BCUT2D eigenvalue weighted by Crippen LogP contribution is 2.26. The number of hydrogen-bond donors (Lipinski definition) is 1. The Morgan fingerprint density at radius 3 is 2.33 bits per heavy atom. The molecule has 2 aromatic rings. The van der Waals surface area contributed by atoms with Gasteiger partial charge in [0.05, 0.1) is 11.7 Å². The van der Waals surface area contributed by atoms with Crippen molar-refractivity contribution in [3.8, 4) is 17.0 Å². The number of halogens is 1. The molecule has 1 N–H and O–H groups in total. The second-order valence-electron chi connectivity index (χ2n) is 3.40. The van der Waals surface area contributed by atoms with Crippen molar-refractivity contribution in [3.63, 3.8) is 0 Å². The summed E-state index contributed by atoms with van der Waals surface area (Å²) in [6.45, 7) is 2.08. The fourth-order valence-electron chi connectivity index (χ4n) is 1.57. The molecule has 0 saturated carbocycles. The van der Waals surface area contributed by atoms with E-state index in [-0.39, 0.29) is 0 Å². The summed E-state index contributed by atoms with van der Waals surface area (Å²) in [5.74, 6) is 0.877. The molecular formula is C12H12BrNO. The van der Waals surface area contributed by atoms with Crippen LogP contribution < -0.4 is 4.74 Å². The van der Waals surface area contributed by atoms with E-state index < -0.39 is 0 Å². The van der Waals surface area contributed by atoms with Crippen molar-refractivity contribution in [1.82, 2.24) is 4.98 Å². The smallest absolute Gasteiger partial charge is 0.118 e. The van der Waals surface area contributed by atoms with Crippen LogP contribution in [0.2, 0.25) is 0 Å². The Morgan fingerprint density at radius 2 is 1.87 bits per heavy atom. The Morgan fingerprint density at radius 1 is 1.20 bits per heavy atom. The maximum atomic E-state index is 5.12. The summed E-state index contributed by atoms with van der Waals surface area (Å²) in [4.78, 5) is 3.27. The quantitative estimate of drug-likeness (QED) is 0.879. The van der Waals surface area contributed by atoms with Gasteiger partial charge in [0.1, 0.15) is 5.75 Å². The molecular weight excluding hydrogens is 254 g/mol. The van der Waals surface area contributed by atoms with Gasteiger partial charge in [-0.1, -0.05) is 0 Å². The maximum absolute atomic E-state index is 5.12. The summed E-state index contributed by atoms with van der Waals surface area (Å²) in [5.41, 5.74) is 3.54. The Hall–Kier alpha value is -1.22. The van der Waals surface area contributed by atoms with Crippen molar-refractivity contribution in [2.75, 3.05) is 7.11 Å². The number of benzene rings is 1. The van der Waals surface area contributed by atoms with E-state index in [1.54, 1.807) is 7.11 Å². The van der Waals surface area contributed by atoms with Crippen LogP contribution in [-0.2, 0) is 0 Å². The summed E-state index contributed by atoms with van der Waals surface area (Å²) in [7, 11) is 1.67. The van der Waals surface area contributed by atoms with E-state index in [9.17, 15) is 0 Å². The third-order valence-corrected chi connectivity index (χ3v) is 2.79. The summed E-state index contributed by atoms with van der Waals surface area (Å²) < 4.78 is 6.13. The van der Waals surface area contributed by atoms with Gasteiger partial charge in [0.25, 0.3) is 0 Å². The zero-order valence-corrected chi connectivity index (χ0v) is 10.3. The van der Waals surface area contributed by atoms with Crippen molar-refractivity contribution in [1.29, 1.82) is 0 Å². The highest BCUT2D eigenvalue weighted by molar-refractivity contribution is 9.10. The van der Waals surface area contributed by atoms with Crippen molar-refractivity contribution >= 4 is 15.9 Å². The molecule has 0 spiro atoms. The number of rotatable bonds is 2. The van der Waals surface area contributed by atoms with Crippen molar-refractivity contribution in [3.05, 3.63) is 40.5 Å². The highest BCUT2D eigenvalue weighted by Gasteiger charge is 2.05. The van der Waals surface area contributed by atoms with Crippen LogP contribution in [0.4, 0.5) is 0 Å². The molecule has 0 atom stereocenters. The first kappa shape index (κ1) is 10.3. The first-order valence-electron chi connectivity index (χ1n) is 4.70. The van der Waals surface area contributed by atoms with Gasteiger partial charge in [-0.3, -0.25) is 0 Å².